The van der Waals surface area contributed by atoms with Gasteiger partial charge in [-0.05, 0) is 26.3 Å². The normalized spacial score (nSPS) is 20.9. The molecule has 1 aliphatic heterocycles. The second-order valence-corrected chi connectivity index (χ2v) is 4.76. The van der Waals surface area contributed by atoms with Crippen molar-refractivity contribution in [2.75, 3.05) is 18.6 Å². The molecule has 1 unspecified atom stereocenters. The number of aryl methyl sites for hydroxylation is 1. The number of anilines is 1. The van der Waals surface area contributed by atoms with Crippen molar-refractivity contribution < 1.29 is 5.11 Å². The molecule has 2 heterocycles. The van der Waals surface area contributed by atoms with Crippen molar-refractivity contribution >= 4 is 5.82 Å². The van der Waals surface area contributed by atoms with Crippen molar-refractivity contribution in [3.05, 3.63) is 17.6 Å². The smallest absolute Gasteiger partial charge is 0.145 e. The molecular weight excluding hydrogens is 230 g/mol. The Kier molecular flexibility index (Phi) is 4.46. The lowest BCUT2D eigenvalue weighted by atomic mass is 10.0. The maximum Gasteiger partial charge on any atom is 0.145 e. The Morgan fingerprint density at radius 1 is 1.50 bits per heavy atom. The fourth-order valence-corrected chi connectivity index (χ4v) is 2.43. The predicted molar refractivity (Wildman–Crippen MR) is 69.7 cm³/mol. The van der Waals surface area contributed by atoms with Gasteiger partial charge in [0.05, 0.1) is 13.2 Å². The Labute approximate surface area is 107 Å². The first-order valence-corrected chi connectivity index (χ1v) is 6.39. The van der Waals surface area contributed by atoms with Gasteiger partial charge in [0.2, 0.25) is 0 Å². The number of piperidine rings is 1. The minimum absolute atomic E-state index is 0.202. The number of hydrazine groups is 1. The minimum atomic E-state index is 0.202. The molecule has 1 aromatic heterocycles. The van der Waals surface area contributed by atoms with Gasteiger partial charge in [0.25, 0.3) is 0 Å². The largest absolute Gasteiger partial charge is 0.395 e. The monoisotopic (exact) mass is 251 g/mol. The van der Waals surface area contributed by atoms with Crippen LogP contribution in [0.15, 0.2) is 6.07 Å². The molecule has 1 atom stereocenters. The zero-order valence-corrected chi connectivity index (χ0v) is 10.8. The number of hydrogen-bond donors (Lipinski definition) is 3. The van der Waals surface area contributed by atoms with Crippen molar-refractivity contribution in [2.45, 2.75) is 38.8 Å². The second-order valence-electron chi connectivity index (χ2n) is 4.76. The lowest BCUT2D eigenvalue weighted by Crippen LogP contribution is -2.41. The molecule has 0 aromatic carbocycles. The van der Waals surface area contributed by atoms with E-state index in [0.717, 1.165) is 24.5 Å². The summed E-state index contributed by atoms with van der Waals surface area (Å²) < 4.78 is 0. The highest BCUT2D eigenvalue weighted by Crippen LogP contribution is 2.18. The number of rotatable bonds is 4. The van der Waals surface area contributed by atoms with Crippen molar-refractivity contribution in [1.82, 2.24) is 14.9 Å². The van der Waals surface area contributed by atoms with Crippen LogP contribution in [-0.2, 0) is 6.54 Å². The summed E-state index contributed by atoms with van der Waals surface area (Å²) in [6, 6.07) is 2.04. The van der Waals surface area contributed by atoms with Crippen LogP contribution >= 0.6 is 0 Å². The number of hydrogen-bond acceptors (Lipinski definition) is 6. The third kappa shape index (κ3) is 3.16. The molecule has 1 aromatic rings. The molecule has 0 amide bonds. The molecule has 0 bridgehead atoms. The quantitative estimate of drug-likeness (QED) is 0.531. The van der Waals surface area contributed by atoms with Crippen molar-refractivity contribution in [2.24, 2.45) is 5.84 Å². The van der Waals surface area contributed by atoms with Gasteiger partial charge >= 0.3 is 0 Å². The average Bonchev–Trinajstić information content (AvgIpc) is 2.38. The van der Waals surface area contributed by atoms with Crippen molar-refractivity contribution in [1.29, 1.82) is 0 Å². The molecular formula is C12H21N5O. The standard InChI is InChI=1S/C12H21N5O/c1-9-6-11(16-13)15-12(14-9)7-17-5-3-2-4-10(17)8-18/h6,10,18H,2-5,7-8,13H2,1H3,(H,14,15,16). The van der Waals surface area contributed by atoms with Gasteiger partial charge in [-0.1, -0.05) is 6.42 Å². The Hall–Kier alpha value is -1.24. The van der Waals surface area contributed by atoms with Crippen LogP contribution in [0.4, 0.5) is 5.82 Å². The summed E-state index contributed by atoms with van der Waals surface area (Å²) in [5, 5.41) is 9.38. The lowest BCUT2D eigenvalue weighted by Gasteiger charge is -2.33. The summed E-state index contributed by atoms with van der Waals surface area (Å²) in [4.78, 5) is 11.0. The highest BCUT2D eigenvalue weighted by molar-refractivity contribution is 5.33. The van der Waals surface area contributed by atoms with Gasteiger partial charge in [0.15, 0.2) is 0 Å². The molecule has 0 spiro atoms. The maximum absolute atomic E-state index is 9.38. The Morgan fingerprint density at radius 2 is 2.33 bits per heavy atom. The summed E-state index contributed by atoms with van der Waals surface area (Å²) in [6.07, 6.45) is 3.40. The zero-order valence-electron chi connectivity index (χ0n) is 10.8. The predicted octanol–water partition coefficient (Wildman–Crippen LogP) is 0.417. The van der Waals surface area contributed by atoms with Crippen LogP contribution < -0.4 is 11.3 Å². The van der Waals surface area contributed by atoms with Gasteiger partial charge in [0.1, 0.15) is 11.6 Å². The summed E-state index contributed by atoms with van der Waals surface area (Å²) in [6.45, 7) is 3.79. The number of aliphatic hydroxyl groups excluding tert-OH is 1. The van der Waals surface area contributed by atoms with Crippen molar-refractivity contribution in [3.8, 4) is 0 Å². The number of nitrogen functional groups attached to an aromatic ring is 1. The number of nitrogens with one attached hydrogen (secondary N) is 1. The maximum atomic E-state index is 9.38. The van der Waals surface area contributed by atoms with E-state index < -0.39 is 0 Å². The number of nitrogens with two attached hydrogens (primary N) is 1. The van der Waals surface area contributed by atoms with E-state index in [2.05, 4.69) is 20.3 Å². The van der Waals surface area contributed by atoms with Crippen LogP contribution in [0.1, 0.15) is 30.8 Å². The summed E-state index contributed by atoms with van der Waals surface area (Å²) in [7, 11) is 0. The molecule has 2 rings (SSSR count). The van der Waals surface area contributed by atoms with Crippen molar-refractivity contribution in [3.63, 3.8) is 0 Å². The van der Waals surface area contributed by atoms with E-state index >= 15 is 0 Å². The fourth-order valence-electron chi connectivity index (χ4n) is 2.43. The molecule has 0 radical (unpaired) electrons. The van der Waals surface area contributed by atoms with Gasteiger partial charge in [-0.15, -0.1) is 0 Å². The number of nitrogens with zero attached hydrogens (tertiary/aromatic N) is 3. The zero-order chi connectivity index (χ0) is 13.0. The molecule has 100 valence electrons. The summed E-state index contributed by atoms with van der Waals surface area (Å²) in [5.74, 6) is 6.77. The first-order chi connectivity index (χ1) is 8.72. The first-order valence-electron chi connectivity index (χ1n) is 6.39. The highest BCUT2D eigenvalue weighted by atomic mass is 16.3. The van der Waals surface area contributed by atoms with Crippen LogP contribution in [0.2, 0.25) is 0 Å². The highest BCUT2D eigenvalue weighted by Gasteiger charge is 2.22. The van der Waals surface area contributed by atoms with Gasteiger partial charge in [-0.25, -0.2) is 15.8 Å². The van der Waals surface area contributed by atoms with Crippen LogP contribution in [0.5, 0.6) is 0 Å². The number of aliphatic hydroxyl groups is 1. The molecule has 1 saturated heterocycles. The van der Waals surface area contributed by atoms with Gasteiger partial charge in [-0.3, -0.25) is 4.90 Å². The number of aromatic nitrogens is 2. The summed E-state index contributed by atoms with van der Waals surface area (Å²) >= 11 is 0. The van der Waals surface area contributed by atoms with E-state index in [-0.39, 0.29) is 12.6 Å². The molecule has 1 aliphatic rings. The van der Waals surface area contributed by atoms with Gasteiger partial charge < -0.3 is 10.5 Å². The van der Waals surface area contributed by atoms with E-state index in [1.165, 1.54) is 12.8 Å². The van der Waals surface area contributed by atoms with E-state index in [0.29, 0.717) is 12.4 Å². The third-order valence-electron chi connectivity index (χ3n) is 3.35. The molecule has 4 N–H and O–H groups in total. The molecule has 18 heavy (non-hydrogen) atoms. The Bertz CT molecular complexity index is 398. The molecule has 6 heteroatoms. The molecule has 0 aliphatic carbocycles. The molecule has 6 nitrogen and oxygen atoms in total. The third-order valence-corrected chi connectivity index (χ3v) is 3.35. The SMILES string of the molecule is Cc1cc(NN)nc(CN2CCCCC2CO)n1. The topological polar surface area (TPSA) is 87.3 Å². The van der Waals surface area contributed by atoms with E-state index in [1.54, 1.807) is 0 Å². The van der Waals surface area contributed by atoms with Gasteiger partial charge in [0, 0.05) is 17.8 Å². The van der Waals surface area contributed by atoms with E-state index in [1.807, 2.05) is 13.0 Å². The van der Waals surface area contributed by atoms with E-state index in [9.17, 15) is 5.11 Å². The van der Waals surface area contributed by atoms with Crippen LogP contribution in [0.25, 0.3) is 0 Å². The molecule has 0 saturated carbocycles. The van der Waals surface area contributed by atoms with E-state index in [4.69, 9.17) is 5.84 Å². The Morgan fingerprint density at radius 3 is 3.06 bits per heavy atom. The average molecular weight is 251 g/mol. The number of likely N-dealkylation sites (tertiary alicyclic amines) is 1. The van der Waals surface area contributed by atoms with Crippen LogP contribution in [0, 0.1) is 6.92 Å². The van der Waals surface area contributed by atoms with Gasteiger partial charge in [-0.2, -0.15) is 0 Å². The fraction of sp³-hybridized carbons (Fsp3) is 0.667. The second kappa shape index (κ2) is 6.08. The first kappa shape index (κ1) is 13.2. The molecule has 1 fully saturated rings. The van der Waals surface area contributed by atoms with Crippen LogP contribution in [0.3, 0.4) is 0 Å². The summed E-state index contributed by atoms with van der Waals surface area (Å²) in [5.41, 5.74) is 3.45. The van der Waals surface area contributed by atoms with Crippen LogP contribution in [-0.4, -0.2) is 39.2 Å². The lowest BCUT2D eigenvalue weighted by molar-refractivity contribution is 0.0819. The Balaban J connectivity index is 2.09. The minimum Gasteiger partial charge on any atom is -0.395 e.